The Kier molecular flexibility index (Phi) is 4.49. The van der Waals surface area contributed by atoms with Crippen LogP contribution in [0.4, 0.5) is 0 Å². The molecule has 1 aliphatic heterocycles. The fourth-order valence-electron chi connectivity index (χ4n) is 3.84. The smallest absolute Gasteiger partial charge is 0.207 e. The normalized spacial score (nSPS) is 37.9. The molecule has 2 fully saturated rings. The molecule has 0 unspecified atom stereocenters. The lowest BCUT2D eigenvalue weighted by molar-refractivity contribution is -0.207. The van der Waals surface area contributed by atoms with Crippen molar-refractivity contribution in [2.45, 2.75) is 50.2 Å². The van der Waals surface area contributed by atoms with Gasteiger partial charge >= 0.3 is 0 Å². The molecule has 0 radical (unpaired) electrons. The minimum Gasteiger partial charge on any atom is -0.381 e. The van der Waals surface area contributed by atoms with Crippen LogP contribution < -0.4 is 0 Å². The van der Waals surface area contributed by atoms with Crippen LogP contribution >= 0.6 is 0 Å². The highest BCUT2D eigenvalue weighted by molar-refractivity contribution is 5.35. The Hall–Kier alpha value is -1.02. The first-order chi connectivity index (χ1) is 11.3. The summed E-state index contributed by atoms with van der Waals surface area (Å²) in [5.41, 5.74) is -1.18. The molecule has 6 heteroatoms. The van der Waals surface area contributed by atoms with Gasteiger partial charge in [0.1, 0.15) is 18.3 Å². The van der Waals surface area contributed by atoms with Gasteiger partial charge in [-0.25, -0.2) is 0 Å². The maximum atomic E-state index is 10.8. The first-order valence-electron chi connectivity index (χ1n) is 8.13. The average Bonchev–Trinajstić information content (AvgIpc) is 2.79. The molecule has 1 heterocycles. The van der Waals surface area contributed by atoms with Gasteiger partial charge in [0.25, 0.3) is 0 Å². The zero-order chi connectivity index (χ0) is 17.6. The van der Waals surface area contributed by atoms with E-state index in [2.05, 4.69) is 0 Å². The third kappa shape index (κ3) is 2.25. The van der Waals surface area contributed by atoms with Crippen molar-refractivity contribution in [1.82, 2.24) is 0 Å². The predicted molar refractivity (Wildman–Crippen MR) is 86.2 cm³/mol. The Morgan fingerprint density at radius 3 is 2.42 bits per heavy atom. The van der Waals surface area contributed by atoms with Crippen LogP contribution in [0.3, 0.4) is 0 Å². The number of aliphatic hydroxyl groups is 2. The van der Waals surface area contributed by atoms with Gasteiger partial charge in [-0.15, -0.1) is 0 Å². The van der Waals surface area contributed by atoms with Crippen LogP contribution in [0.5, 0.6) is 0 Å². The molecule has 0 aromatic heterocycles. The second-order valence-corrected chi connectivity index (χ2v) is 7.05. The molecule has 2 N–H and O–H groups in total. The van der Waals surface area contributed by atoms with Crippen LogP contribution in [-0.4, -0.2) is 60.7 Å². The van der Waals surface area contributed by atoms with Gasteiger partial charge in [-0.05, 0) is 5.56 Å². The number of ether oxygens (including phenoxy) is 4. The monoisotopic (exact) mass is 338 g/mol. The van der Waals surface area contributed by atoms with Crippen molar-refractivity contribution in [2.75, 3.05) is 20.8 Å². The lowest BCUT2D eigenvalue weighted by Gasteiger charge is -2.32. The van der Waals surface area contributed by atoms with Gasteiger partial charge in [-0.2, -0.15) is 0 Å². The van der Waals surface area contributed by atoms with E-state index in [1.807, 2.05) is 30.3 Å². The SMILES string of the molecule is CO[C@H](COCc1ccccc1)[C@H]1O[C@@]2(O)C(C)(C)[C@@]2(O)[C@H]1OC. The molecule has 1 aromatic carbocycles. The maximum absolute atomic E-state index is 10.8. The molecule has 1 aliphatic carbocycles. The summed E-state index contributed by atoms with van der Waals surface area (Å²) in [6.07, 6.45) is -1.77. The van der Waals surface area contributed by atoms with Crippen molar-refractivity contribution >= 4 is 0 Å². The van der Waals surface area contributed by atoms with Crippen LogP contribution in [-0.2, 0) is 25.6 Å². The van der Waals surface area contributed by atoms with E-state index in [0.29, 0.717) is 6.61 Å². The van der Waals surface area contributed by atoms with E-state index in [1.54, 1.807) is 21.0 Å². The van der Waals surface area contributed by atoms with Gasteiger partial charge in [-0.3, -0.25) is 0 Å². The molecular formula is C18H26O6. The summed E-state index contributed by atoms with van der Waals surface area (Å²) in [6.45, 7) is 4.22. The molecule has 3 rings (SSSR count). The summed E-state index contributed by atoms with van der Waals surface area (Å²) >= 11 is 0. The van der Waals surface area contributed by atoms with Crippen molar-refractivity contribution in [2.24, 2.45) is 5.41 Å². The highest BCUT2D eigenvalue weighted by Gasteiger charge is 2.92. The minimum atomic E-state index is -1.62. The van der Waals surface area contributed by atoms with Crippen LogP contribution in [0.25, 0.3) is 0 Å². The van der Waals surface area contributed by atoms with Gasteiger partial charge in [0, 0.05) is 14.2 Å². The van der Waals surface area contributed by atoms with Crippen LogP contribution in [0.15, 0.2) is 30.3 Å². The summed E-state index contributed by atoms with van der Waals surface area (Å²) < 4.78 is 22.4. The molecular weight excluding hydrogens is 312 g/mol. The number of rotatable bonds is 7. The maximum Gasteiger partial charge on any atom is 0.207 e. The Morgan fingerprint density at radius 2 is 1.83 bits per heavy atom. The lowest BCUT2D eigenvalue weighted by Crippen LogP contribution is -2.48. The second kappa shape index (κ2) is 6.05. The van der Waals surface area contributed by atoms with Crippen molar-refractivity contribution in [1.29, 1.82) is 0 Å². The topological polar surface area (TPSA) is 77.4 Å². The summed E-state index contributed by atoms with van der Waals surface area (Å²) in [5.74, 6) is -1.62. The standard InChI is InChI=1S/C18H26O6/c1-16(2)17(19)15(22-4)14(24-18(16,17)20)13(21-3)11-23-10-12-8-6-5-7-9-12/h5-9,13-15,19-20H,10-11H2,1-4H3/t13-,14-,15+,17+,18+/m1/s1. The second-order valence-electron chi connectivity index (χ2n) is 7.05. The molecule has 0 bridgehead atoms. The number of benzene rings is 1. The molecule has 1 saturated carbocycles. The van der Waals surface area contributed by atoms with E-state index in [-0.39, 0.29) is 6.61 Å². The highest BCUT2D eigenvalue weighted by atomic mass is 16.7. The molecule has 134 valence electrons. The van der Waals surface area contributed by atoms with Crippen molar-refractivity contribution in [3.05, 3.63) is 35.9 Å². The summed E-state index contributed by atoms with van der Waals surface area (Å²) in [7, 11) is 3.05. The Morgan fingerprint density at radius 1 is 1.17 bits per heavy atom. The summed E-state index contributed by atoms with van der Waals surface area (Å²) in [6, 6.07) is 9.82. The molecule has 0 spiro atoms. The molecule has 2 aliphatic rings. The number of hydrogen-bond donors (Lipinski definition) is 2. The zero-order valence-electron chi connectivity index (χ0n) is 14.6. The van der Waals surface area contributed by atoms with Crippen LogP contribution in [0.2, 0.25) is 0 Å². The highest BCUT2D eigenvalue weighted by Crippen LogP contribution is 2.72. The van der Waals surface area contributed by atoms with Gasteiger partial charge in [0.05, 0.1) is 18.6 Å². The molecule has 6 nitrogen and oxygen atoms in total. The number of hydrogen-bond acceptors (Lipinski definition) is 6. The fraction of sp³-hybridized carbons (Fsp3) is 0.667. The van der Waals surface area contributed by atoms with E-state index in [0.717, 1.165) is 5.56 Å². The van der Waals surface area contributed by atoms with Crippen molar-refractivity contribution in [3.63, 3.8) is 0 Å². The third-order valence-corrected chi connectivity index (χ3v) is 5.59. The predicted octanol–water partition coefficient (Wildman–Crippen LogP) is 1.09. The molecule has 5 atom stereocenters. The van der Waals surface area contributed by atoms with E-state index in [1.165, 1.54) is 7.11 Å². The fourth-order valence-corrected chi connectivity index (χ4v) is 3.84. The van der Waals surface area contributed by atoms with E-state index in [9.17, 15) is 10.2 Å². The van der Waals surface area contributed by atoms with Crippen molar-refractivity contribution in [3.8, 4) is 0 Å². The Balaban J connectivity index is 1.64. The van der Waals surface area contributed by atoms with E-state index < -0.39 is 35.1 Å². The third-order valence-electron chi connectivity index (χ3n) is 5.59. The largest absolute Gasteiger partial charge is 0.381 e. The summed E-state index contributed by atoms with van der Waals surface area (Å²) in [4.78, 5) is 0. The first-order valence-corrected chi connectivity index (χ1v) is 8.13. The molecule has 24 heavy (non-hydrogen) atoms. The Bertz CT molecular complexity index is 576. The first kappa shape index (κ1) is 17.8. The minimum absolute atomic E-state index is 0.266. The number of fused-ring (bicyclic) bond motifs is 1. The quantitative estimate of drug-likeness (QED) is 0.775. The van der Waals surface area contributed by atoms with Gasteiger partial charge in [0.15, 0.2) is 5.60 Å². The van der Waals surface area contributed by atoms with Crippen LogP contribution in [0, 0.1) is 5.41 Å². The zero-order valence-corrected chi connectivity index (χ0v) is 14.6. The molecule has 0 amide bonds. The molecule has 1 saturated heterocycles. The van der Waals surface area contributed by atoms with Crippen LogP contribution in [0.1, 0.15) is 19.4 Å². The Labute approximate surface area is 142 Å². The van der Waals surface area contributed by atoms with E-state index in [4.69, 9.17) is 18.9 Å². The summed E-state index contributed by atoms with van der Waals surface area (Å²) in [5, 5.41) is 21.5. The van der Waals surface area contributed by atoms with Crippen molar-refractivity contribution < 1.29 is 29.2 Å². The molecule has 1 aromatic rings. The van der Waals surface area contributed by atoms with Gasteiger partial charge in [0.2, 0.25) is 5.79 Å². The van der Waals surface area contributed by atoms with Gasteiger partial charge < -0.3 is 29.2 Å². The van der Waals surface area contributed by atoms with E-state index >= 15 is 0 Å². The number of methoxy groups -OCH3 is 2. The lowest BCUT2D eigenvalue weighted by atomic mass is 9.95. The average molecular weight is 338 g/mol. The van der Waals surface area contributed by atoms with Gasteiger partial charge in [-0.1, -0.05) is 44.2 Å².